The molecule has 0 amide bonds. The second-order valence-corrected chi connectivity index (χ2v) is 19.8. The number of rotatable bonds is 19. The Morgan fingerprint density at radius 1 is 0.869 bits per heavy atom. The summed E-state index contributed by atoms with van der Waals surface area (Å²) in [6.45, 7) is 7.85. The molecule has 5 atom stereocenters. The van der Waals surface area contributed by atoms with Gasteiger partial charge in [-0.2, -0.15) is 0 Å². The number of aliphatic hydroxyl groups is 1. The van der Waals surface area contributed by atoms with Gasteiger partial charge in [0.05, 0.1) is 0 Å². The summed E-state index contributed by atoms with van der Waals surface area (Å²) < 4.78 is 33.6. The first-order valence-corrected chi connectivity index (χ1v) is 23.4. The standard InChI is InChI=1S/C45H52N5O9PTe/c1-31(2)50(32(3)4)49(28-13-27-46)60(54)59-41-39(58-42(48-29-26-40(51)47-43(48)52)45(41,53)61-38-16-11-8-12-17-38)30-57-44(33-14-9-7-10-15-33,34-18-22-36(55-5)23-19-34)35-20-24-37(56-6)25-21-35/h7-12,14-26,29,31-32,39,41-42,53-54H,13,28,30H2,1-6H3,(H,47,51,52)/t39-,41-,42-,45+,60?/m1/s1. The van der Waals surface area contributed by atoms with Crippen LogP contribution in [0.4, 0.5) is 0 Å². The van der Waals surface area contributed by atoms with E-state index < -0.39 is 68.4 Å². The SMILES string of the molecule is COc1ccc(C(OC[C@H]2O[C@@H](n3ccc(=O)[nH]c3=O)[C@@](O)([Te]c3ccccc3)[C@@H]2OP(O)N(CCC#N)N(C(C)C)C(C)C)(c2ccccc2)c2ccc(OC)cc2)cc1. The fourth-order valence-corrected chi connectivity index (χ4v) is 13.0. The number of aromatic amines is 1. The van der Waals surface area contributed by atoms with E-state index in [0.29, 0.717) is 11.5 Å². The summed E-state index contributed by atoms with van der Waals surface area (Å²) in [4.78, 5) is 40.5. The van der Waals surface area contributed by atoms with Crippen LogP contribution in [0.1, 0.15) is 57.0 Å². The fourth-order valence-electron chi connectivity index (χ4n) is 7.68. The maximum absolute atomic E-state index is 13.6. The van der Waals surface area contributed by atoms with Crippen molar-refractivity contribution >= 4 is 33.1 Å². The minimum atomic E-state index is -2.55. The molecule has 0 bridgehead atoms. The number of nitrogens with zero attached hydrogens (tertiary/aromatic N) is 4. The van der Waals surface area contributed by atoms with Gasteiger partial charge in [0.15, 0.2) is 0 Å². The third-order valence-electron chi connectivity index (χ3n) is 10.3. The van der Waals surface area contributed by atoms with E-state index in [-0.39, 0.29) is 31.7 Å². The summed E-state index contributed by atoms with van der Waals surface area (Å²) >= 11 is -1.78. The van der Waals surface area contributed by atoms with E-state index in [9.17, 15) is 24.9 Å². The molecule has 322 valence electrons. The van der Waals surface area contributed by atoms with Crippen molar-refractivity contribution in [2.24, 2.45) is 0 Å². The van der Waals surface area contributed by atoms with Crippen LogP contribution in [0, 0.1) is 11.3 Å². The van der Waals surface area contributed by atoms with Crippen LogP contribution in [0.5, 0.6) is 11.5 Å². The molecule has 5 aromatic rings. The zero-order valence-corrected chi connectivity index (χ0v) is 38.2. The van der Waals surface area contributed by atoms with Gasteiger partial charge < -0.3 is 0 Å². The zero-order chi connectivity index (χ0) is 43.7. The molecule has 14 nitrogen and oxygen atoms in total. The van der Waals surface area contributed by atoms with Crippen molar-refractivity contribution in [3.63, 3.8) is 0 Å². The van der Waals surface area contributed by atoms with Crippen LogP contribution in [0.3, 0.4) is 0 Å². The van der Waals surface area contributed by atoms with Crippen LogP contribution in [-0.2, 0) is 19.6 Å². The number of hydrogen-bond acceptors (Lipinski definition) is 12. The van der Waals surface area contributed by atoms with E-state index in [4.69, 9.17) is 23.5 Å². The van der Waals surface area contributed by atoms with Crippen molar-refractivity contribution < 1.29 is 33.5 Å². The number of nitrogens with one attached hydrogen (secondary N) is 1. The molecule has 1 aliphatic rings. The van der Waals surface area contributed by atoms with Crippen molar-refractivity contribution in [2.75, 3.05) is 27.4 Å². The molecule has 3 N–H and O–H groups in total. The Labute approximate surface area is 367 Å². The molecule has 4 aromatic carbocycles. The number of methoxy groups -OCH3 is 2. The van der Waals surface area contributed by atoms with Gasteiger partial charge in [0.2, 0.25) is 0 Å². The minimum absolute atomic E-state index is 0.0909. The van der Waals surface area contributed by atoms with Crippen molar-refractivity contribution in [1.29, 1.82) is 5.26 Å². The maximum atomic E-state index is 13.6. The van der Waals surface area contributed by atoms with Gasteiger partial charge in [0, 0.05) is 0 Å². The summed E-state index contributed by atoms with van der Waals surface area (Å²) in [5.74, 6) is 1.29. The molecule has 0 saturated carbocycles. The number of H-pyrrole nitrogens is 1. The van der Waals surface area contributed by atoms with Gasteiger partial charge in [0.25, 0.3) is 0 Å². The Kier molecular flexibility index (Phi) is 15.6. The van der Waals surface area contributed by atoms with Crippen LogP contribution in [0.15, 0.2) is 131 Å². The summed E-state index contributed by atoms with van der Waals surface area (Å²) in [6, 6.07) is 37.3. The summed E-state index contributed by atoms with van der Waals surface area (Å²) in [5.41, 5.74) is -0.435. The molecule has 1 saturated heterocycles. The summed E-state index contributed by atoms with van der Waals surface area (Å²) in [6.07, 6.45) is -2.43. The van der Waals surface area contributed by atoms with Crippen molar-refractivity contribution in [3.8, 4) is 17.6 Å². The molecule has 1 aromatic heterocycles. The second kappa shape index (κ2) is 20.6. The van der Waals surface area contributed by atoms with E-state index in [1.165, 1.54) is 12.3 Å². The second-order valence-electron chi connectivity index (χ2n) is 14.9. The number of hydrazine groups is 1. The number of benzene rings is 4. The first-order chi connectivity index (χ1) is 29.4. The quantitative estimate of drug-likeness (QED) is 0.0437. The number of hydrogen-bond donors (Lipinski definition) is 3. The van der Waals surface area contributed by atoms with Crippen molar-refractivity contribution in [2.45, 2.75) is 73.9 Å². The molecular formula is C45H52N5O9PTe. The van der Waals surface area contributed by atoms with Crippen LogP contribution < -0.4 is 24.3 Å². The number of nitriles is 1. The predicted octanol–water partition coefficient (Wildman–Crippen LogP) is 5.03. The zero-order valence-electron chi connectivity index (χ0n) is 35.0. The van der Waals surface area contributed by atoms with Crippen LogP contribution in [-0.4, -0.2) is 106 Å². The van der Waals surface area contributed by atoms with Gasteiger partial charge in [-0.3, -0.25) is 0 Å². The van der Waals surface area contributed by atoms with Crippen LogP contribution in [0.2, 0.25) is 0 Å². The van der Waals surface area contributed by atoms with E-state index in [1.54, 1.807) is 19.0 Å². The normalized spacial score (nSPS) is 19.7. The third-order valence-corrected chi connectivity index (χ3v) is 15.2. The van der Waals surface area contributed by atoms with Gasteiger partial charge in [0.1, 0.15) is 0 Å². The molecule has 16 heteroatoms. The molecule has 1 fully saturated rings. The fraction of sp³-hybridized carbons (Fsp3) is 0.356. The Morgan fingerprint density at radius 3 is 1.92 bits per heavy atom. The Morgan fingerprint density at radius 2 is 1.41 bits per heavy atom. The average molecular weight is 966 g/mol. The van der Waals surface area contributed by atoms with Gasteiger partial charge in [-0.15, -0.1) is 0 Å². The molecule has 1 unspecified atom stereocenters. The van der Waals surface area contributed by atoms with E-state index in [2.05, 4.69) is 11.1 Å². The van der Waals surface area contributed by atoms with Gasteiger partial charge in [-0.05, 0) is 0 Å². The van der Waals surface area contributed by atoms with Gasteiger partial charge in [-0.25, -0.2) is 0 Å². The summed E-state index contributed by atoms with van der Waals surface area (Å²) in [7, 11) is 0.641. The Bertz CT molecular complexity index is 2270. The molecular weight excluding hydrogens is 913 g/mol. The molecule has 61 heavy (non-hydrogen) atoms. The van der Waals surface area contributed by atoms with Gasteiger partial charge >= 0.3 is 369 Å². The molecule has 1 aliphatic heterocycles. The van der Waals surface area contributed by atoms with Crippen molar-refractivity contribution in [3.05, 3.63) is 159 Å². The Hall–Kier alpha value is -4.41. The summed E-state index contributed by atoms with van der Waals surface area (Å²) in [5, 5.41) is 25.0. The van der Waals surface area contributed by atoms with Gasteiger partial charge in [-0.1, -0.05) is 0 Å². The Balaban J connectivity index is 1.54. The van der Waals surface area contributed by atoms with Crippen LogP contribution in [0.25, 0.3) is 0 Å². The molecule has 2 heterocycles. The molecule has 0 spiro atoms. The van der Waals surface area contributed by atoms with Crippen molar-refractivity contribution in [1.82, 2.24) is 19.3 Å². The van der Waals surface area contributed by atoms with E-state index in [0.717, 1.165) is 24.9 Å². The number of ether oxygens (including phenoxy) is 4. The molecule has 0 aliphatic carbocycles. The number of aromatic nitrogens is 2. The van der Waals surface area contributed by atoms with Crippen LogP contribution >= 0.6 is 8.53 Å². The molecule has 0 radical (unpaired) electrons. The molecule has 6 rings (SSSR count). The monoisotopic (exact) mass is 967 g/mol. The topological polar surface area (TPSA) is 172 Å². The first kappa shape index (κ1) is 46.1. The average Bonchev–Trinajstić information content (AvgIpc) is 3.52. The third kappa shape index (κ3) is 10.1. The van der Waals surface area contributed by atoms with E-state index >= 15 is 0 Å². The first-order valence-electron chi connectivity index (χ1n) is 19.9. The van der Waals surface area contributed by atoms with E-state index in [1.807, 2.05) is 142 Å². The predicted molar refractivity (Wildman–Crippen MR) is 233 cm³/mol.